The van der Waals surface area contributed by atoms with Gasteiger partial charge >= 0.3 is 0 Å². The normalized spacial score (nSPS) is 18.7. The third kappa shape index (κ3) is 5.34. The molecule has 1 fully saturated rings. The zero-order valence-corrected chi connectivity index (χ0v) is 15.8. The number of primary amides is 1. The second-order valence-corrected chi connectivity index (χ2v) is 7.27. The van der Waals surface area contributed by atoms with E-state index in [1.807, 2.05) is 11.8 Å². The Morgan fingerprint density at radius 3 is 2.76 bits per heavy atom. The quantitative estimate of drug-likeness (QED) is 0.798. The molecule has 1 unspecified atom stereocenters. The number of amides is 2. The number of halogens is 1. The minimum atomic E-state index is -0.535. The van der Waals surface area contributed by atoms with Crippen molar-refractivity contribution in [1.29, 1.82) is 0 Å². The van der Waals surface area contributed by atoms with E-state index in [1.165, 1.54) is 0 Å². The van der Waals surface area contributed by atoms with Gasteiger partial charge in [0.25, 0.3) is 5.91 Å². The van der Waals surface area contributed by atoms with E-state index in [1.54, 1.807) is 18.2 Å². The molecule has 0 aliphatic carbocycles. The number of hydrogen-bond acceptors (Lipinski definition) is 4. The highest BCUT2D eigenvalue weighted by atomic mass is 35.5. The topological polar surface area (TPSA) is 75.9 Å². The molecule has 0 radical (unpaired) electrons. The van der Waals surface area contributed by atoms with E-state index in [2.05, 4.69) is 18.7 Å². The van der Waals surface area contributed by atoms with Crippen molar-refractivity contribution < 1.29 is 14.3 Å². The van der Waals surface area contributed by atoms with Gasteiger partial charge in [0.15, 0.2) is 6.61 Å². The Morgan fingerprint density at radius 2 is 2.12 bits per heavy atom. The third-order valence-corrected chi connectivity index (χ3v) is 4.46. The number of ether oxygens (including phenoxy) is 1. The van der Waals surface area contributed by atoms with Gasteiger partial charge in [-0.1, -0.05) is 25.4 Å². The van der Waals surface area contributed by atoms with Crippen LogP contribution in [-0.2, 0) is 16.1 Å². The molecule has 2 N–H and O–H groups in total. The Balaban J connectivity index is 2.10. The smallest absolute Gasteiger partial charge is 0.255 e. The predicted octanol–water partition coefficient (Wildman–Crippen LogP) is 1.89. The van der Waals surface area contributed by atoms with Crippen molar-refractivity contribution >= 4 is 23.4 Å². The molecular weight excluding hydrogens is 342 g/mol. The minimum Gasteiger partial charge on any atom is -0.483 e. The van der Waals surface area contributed by atoms with Crippen LogP contribution in [0.1, 0.15) is 26.3 Å². The van der Waals surface area contributed by atoms with Gasteiger partial charge < -0.3 is 15.4 Å². The van der Waals surface area contributed by atoms with E-state index in [4.69, 9.17) is 22.1 Å². The summed E-state index contributed by atoms with van der Waals surface area (Å²) in [4.78, 5) is 27.6. The lowest BCUT2D eigenvalue weighted by molar-refractivity contribution is -0.141. The zero-order valence-electron chi connectivity index (χ0n) is 15.0. The minimum absolute atomic E-state index is 0.140. The molecule has 1 aromatic carbocycles. The number of nitrogens with zero attached hydrogens (tertiary/aromatic N) is 2. The van der Waals surface area contributed by atoms with Gasteiger partial charge in [-0.2, -0.15) is 0 Å². The van der Waals surface area contributed by atoms with E-state index in [0.717, 1.165) is 18.7 Å². The van der Waals surface area contributed by atoms with E-state index in [9.17, 15) is 9.59 Å². The Morgan fingerprint density at radius 1 is 1.40 bits per heavy atom. The maximum absolute atomic E-state index is 12.6. The molecule has 0 saturated carbocycles. The first-order valence-corrected chi connectivity index (χ1v) is 8.88. The molecule has 1 aromatic rings. The van der Waals surface area contributed by atoms with E-state index < -0.39 is 5.91 Å². The second-order valence-electron chi connectivity index (χ2n) is 6.83. The first-order valence-electron chi connectivity index (χ1n) is 8.50. The van der Waals surface area contributed by atoms with Crippen molar-refractivity contribution in [2.45, 2.75) is 33.4 Å². The molecule has 0 bridgehead atoms. The molecular formula is C18H26ClN3O3. The van der Waals surface area contributed by atoms with Crippen LogP contribution in [0.4, 0.5) is 0 Å². The fraction of sp³-hybridized carbons (Fsp3) is 0.556. The van der Waals surface area contributed by atoms with Crippen LogP contribution in [-0.4, -0.2) is 53.9 Å². The maximum atomic E-state index is 12.6. The summed E-state index contributed by atoms with van der Waals surface area (Å²) in [5, 5.41) is 0.582. The largest absolute Gasteiger partial charge is 0.483 e. The number of piperazine rings is 1. The number of benzene rings is 1. The van der Waals surface area contributed by atoms with Crippen LogP contribution in [0.5, 0.6) is 5.75 Å². The fourth-order valence-electron chi connectivity index (χ4n) is 2.99. The molecule has 25 heavy (non-hydrogen) atoms. The molecule has 0 spiro atoms. The zero-order chi connectivity index (χ0) is 18.6. The van der Waals surface area contributed by atoms with Crippen molar-refractivity contribution in [2.24, 2.45) is 11.7 Å². The molecule has 138 valence electrons. The van der Waals surface area contributed by atoms with Crippen molar-refractivity contribution in [3.05, 3.63) is 28.8 Å². The SMILES string of the molecule is CC(C)CN1CCN(Cc2cc(Cl)ccc2OCC(N)=O)C(C)C1=O. The predicted molar refractivity (Wildman–Crippen MR) is 97.4 cm³/mol. The number of hydrogen-bond donors (Lipinski definition) is 1. The average Bonchev–Trinajstić information content (AvgIpc) is 2.53. The van der Waals surface area contributed by atoms with E-state index >= 15 is 0 Å². The van der Waals surface area contributed by atoms with Crippen molar-refractivity contribution in [2.75, 3.05) is 26.2 Å². The van der Waals surface area contributed by atoms with Gasteiger partial charge in [0.05, 0.1) is 6.04 Å². The number of nitrogens with two attached hydrogens (primary N) is 1. The van der Waals surface area contributed by atoms with Crippen molar-refractivity contribution in [3.8, 4) is 5.75 Å². The molecule has 1 saturated heterocycles. The molecule has 2 amide bonds. The molecule has 7 heteroatoms. The van der Waals surface area contributed by atoms with Gasteiger partial charge in [-0.05, 0) is 31.0 Å². The van der Waals surface area contributed by atoms with Crippen LogP contribution in [0.15, 0.2) is 18.2 Å². The number of rotatable bonds is 7. The summed E-state index contributed by atoms with van der Waals surface area (Å²) in [6.07, 6.45) is 0. The lowest BCUT2D eigenvalue weighted by Crippen LogP contribution is -2.56. The van der Waals surface area contributed by atoms with Gasteiger partial charge in [-0.25, -0.2) is 0 Å². The highest BCUT2D eigenvalue weighted by molar-refractivity contribution is 6.30. The summed E-state index contributed by atoms with van der Waals surface area (Å²) in [6, 6.07) is 5.02. The summed E-state index contributed by atoms with van der Waals surface area (Å²) in [5.41, 5.74) is 5.99. The molecule has 0 aromatic heterocycles. The molecule has 1 heterocycles. The Bertz CT molecular complexity index is 636. The summed E-state index contributed by atoms with van der Waals surface area (Å²) in [6.45, 7) is 8.74. The standard InChI is InChI=1S/C18H26ClN3O3/c1-12(2)9-22-7-6-21(13(3)18(22)24)10-14-8-15(19)4-5-16(14)25-11-17(20)23/h4-5,8,12-13H,6-7,9-11H2,1-3H3,(H2,20,23). The Labute approximate surface area is 153 Å². The van der Waals surface area contributed by atoms with Crippen molar-refractivity contribution in [1.82, 2.24) is 9.80 Å². The monoisotopic (exact) mass is 367 g/mol. The third-order valence-electron chi connectivity index (χ3n) is 4.23. The van der Waals surface area contributed by atoms with Gasteiger partial charge in [0.2, 0.25) is 5.91 Å². The maximum Gasteiger partial charge on any atom is 0.255 e. The molecule has 1 aliphatic rings. The molecule has 1 atom stereocenters. The molecule has 2 rings (SSSR count). The van der Waals surface area contributed by atoms with Gasteiger partial charge in [-0.15, -0.1) is 0 Å². The summed E-state index contributed by atoms with van der Waals surface area (Å²) < 4.78 is 5.48. The fourth-order valence-corrected chi connectivity index (χ4v) is 3.19. The highest BCUT2D eigenvalue weighted by Crippen LogP contribution is 2.26. The molecule has 1 aliphatic heterocycles. The summed E-state index contributed by atoms with van der Waals surface area (Å²) >= 11 is 6.10. The average molecular weight is 368 g/mol. The van der Waals surface area contributed by atoms with Gasteiger partial charge in [-0.3, -0.25) is 14.5 Å². The second kappa shape index (κ2) is 8.54. The van der Waals surface area contributed by atoms with Crippen LogP contribution in [0, 0.1) is 5.92 Å². The van der Waals surface area contributed by atoms with Gasteiger partial charge in [0.1, 0.15) is 5.75 Å². The lowest BCUT2D eigenvalue weighted by Gasteiger charge is -2.40. The Kier molecular flexibility index (Phi) is 6.67. The van der Waals surface area contributed by atoms with E-state index in [-0.39, 0.29) is 18.6 Å². The lowest BCUT2D eigenvalue weighted by atomic mass is 10.1. The van der Waals surface area contributed by atoms with Crippen LogP contribution in [0.2, 0.25) is 5.02 Å². The van der Waals surface area contributed by atoms with Crippen LogP contribution >= 0.6 is 11.6 Å². The highest BCUT2D eigenvalue weighted by Gasteiger charge is 2.31. The van der Waals surface area contributed by atoms with Crippen LogP contribution < -0.4 is 10.5 Å². The summed E-state index contributed by atoms with van der Waals surface area (Å²) in [5.74, 6) is 0.616. The van der Waals surface area contributed by atoms with Gasteiger partial charge in [0, 0.05) is 36.8 Å². The number of carbonyl (C=O) groups excluding carboxylic acids is 2. The molecule has 6 nitrogen and oxygen atoms in total. The van der Waals surface area contributed by atoms with Crippen LogP contribution in [0.3, 0.4) is 0 Å². The summed E-state index contributed by atoms with van der Waals surface area (Å²) in [7, 11) is 0. The first kappa shape index (κ1) is 19.5. The van der Waals surface area contributed by atoms with E-state index in [0.29, 0.717) is 29.8 Å². The van der Waals surface area contributed by atoms with Crippen molar-refractivity contribution in [3.63, 3.8) is 0 Å². The first-order chi connectivity index (χ1) is 11.8. The Hall–Kier alpha value is -1.79. The number of carbonyl (C=O) groups is 2. The van der Waals surface area contributed by atoms with Crippen LogP contribution in [0.25, 0.3) is 0 Å².